The van der Waals surface area contributed by atoms with Crippen molar-refractivity contribution in [1.29, 1.82) is 0 Å². The van der Waals surface area contributed by atoms with Crippen LogP contribution in [0.25, 0.3) is 0 Å². The maximum absolute atomic E-state index is 11.9. The molecule has 0 unspecified atom stereocenters. The highest BCUT2D eigenvalue weighted by molar-refractivity contribution is 9.10. The molecule has 116 valence electrons. The van der Waals surface area contributed by atoms with E-state index in [-0.39, 0.29) is 17.4 Å². The predicted molar refractivity (Wildman–Crippen MR) is 85.2 cm³/mol. The third-order valence-electron chi connectivity index (χ3n) is 2.53. The van der Waals surface area contributed by atoms with Gasteiger partial charge in [-0.1, -0.05) is 15.9 Å². The Morgan fingerprint density at radius 1 is 1.29 bits per heavy atom. The lowest BCUT2D eigenvalue weighted by Crippen LogP contribution is -2.29. The van der Waals surface area contributed by atoms with Crippen LogP contribution < -0.4 is 10.1 Å². The molecule has 0 heterocycles. The highest BCUT2D eigenvalue weighted by atomic mass is 79.9. The molecule has 1 rings (SSSR count). The number of ether oxygens (including phenoxy) is 2. The van der Waals surface area contributed by atoms with Crippen molar-refractivity contribution in [2.75, 3.05) is 12.4 Å². The Morgan fingerprint density at radius 3 is 2.38 bits per heavy atom. The van der Waals surface area contributed by atoms with E-state index in [9.17, 15) is 9.59 Å². The average Bonchev–Trinajstić information content (AvgIpc) is 2.37. The summed E-state index contributed by atoms with van der Waals surface area (Å²) in [5.74, 6) is -0.872. The second-order valence-electron chi connectivity index (χ2n) is 5.36. The third kappa shape index (κ3) is 5.04. The van der Waals surface area contributed by atoms with Crippen molar-refractivity contribution in [2.45, 2.75) is 38.1 Å². The van der Waals surface area contributed by atoms with Crippen molar-refractivity contribution in [3.63, 3.8) is 0 Å². The molecule has 0 saturated heterocycles. The number of hydrogen-bond acceptors (Lipinski definition) is 5. The second kappa shape index (κ2) is 6.93. The van der Waals surface area contributed by atoms with E-state index >= 15 is 0 Å². The number of rotatable bonds is 5. The van der Waals surface area contributed by atoms with Crippen molar-refractivity contribution in [3.8, 4) is 5.75 Å². The van der Waals surface area contributed by atoms with Crippen LogP contribution in [0.5, 0.6) is 5.75 Å². The normalized spacial score (nSPS) is 11.2. The van der Waals surface area contributed by atoms with E-state index in [2.05, 4.69) is 21.2 Å². The smallest absolute Gasteiger partial charge is 0.341 e. The lowest BCUT2D eigenvalue weighted by molar-refractivity contribution is -0.136. The lowest BCUT2D eigenvalue weighted by Gasteiger charge is -2.17. The van der Waals surface area contributed by atoms with Gasteiger partial charge in [-0.15, -0.1) is 0 Å². The van der Waals surface area contributed by atoms with Gasteiger partial charge < -0.3 is 14.8 Å². The van der Waals surface area contributed by atoms with Crippen LogP contribution in [0.1, 0.15) is 38.1 Å². The molecule has 6 heteroatoms. The number of carbonyl (C=O) groups is 2. The van der Waals surface area contributed by atoms with Gasteiger partial charge in [0.1, 0.15) is 15.6 Å². The third-order valence-corrected chi connectivity index (χ3v) is 2.85. The Bertz CT molecular complexity index is 535. The van der Waals surface area contributed by atoms with Crippen LogP contribution in [0, 0.1) is 0 Å². The SMILES string of the molecule is COC(=O)c1cc(NC(C)C)ccc1OC(=O)C(C)(C)Br. The summed E-state index contributed by atoms with van der Waals surface area (Å²) in [5.41, 5.74) is 0.955. The van der Waals surface area contributed by atoms with E-state index in [1.165, 1.54) is 7.11 Å². The maximum atomic E-state index is 11.9. The van der Waals surface area contributed by atoms with E-state index in [0.717, 1.165) is 5.69 Å². The fourth-order valence-corrected chi connectivity index (χ4v) is 1.61. The van der Waals surface area contributed by atoms with Gasteiger partial charge >= 0.3 is 11.9 Å². The molecular weight excluding hydrogens is 338 g/mol. The number of methoxy groups -OCH3 is 1. The zero-order valence-electron chi connectivity index (χ0n) is 12.8. The molecule has 0 bridgehead atoms. The van der Waals surface area contributed by atoms with E-state index < -0.39 is 16.3 Å². The van der Waals surface area contributed by atoms with Gasteiger partial charge in [-0.3, -0.25) is 4.79 Å². The minimum atomic E-state index is -0.838. The predicted octanol–water partition coefficient (Wildman–Crippen LogP) is 3.37. The molecule has 1 aromatic carbocycles. The lowest BCUT2D eigenvalue weighted by atomic mass is 10.1. The molecule has 0 aliphatic carbocycles. The first-order valence-corrected chi connectivity index (χ1v) is 7.34. The number of hydrogen-bond donors (Lipinski definition) is 1. The van der Waals surface area contributed by atoms with Crippen molar-refractivity contribution < 1.29 is 19.1 Å². The molecular formula is C15H20BrNO4. The van der Waals surface area contributed by atoms with Crippen LogP contribution in [0.2, 0.25) is 0 Å². The summed E-state index contributed by atoms with van der Waals surface area (Å²) < 4.78 is 9.17. The molecule has 0 aliphatic heterocycles. The first-order valence-electron chi connectivity index (χ1n) is 6.55. The molecule has 5 nitrogen and oxygen atoms in total. The highest BCUT2D eigenvalue weighted by Crippen LogP contribution is 2.27. The van der Waals surface area contributed by atoms with E-state index in [1.807, 2.05) is 13.8 Å². The summed E-state index contributed by atoms with van der Waals surface area (Å²) in [7, 11) is 1.28. The Hall–Kier alpha value is -1.56. The molecule has 0 aliphatic rings. The van der Waals surface area contributed by atoms with Crippen LogP contribution in [-0.4, -0.2) is 29.4 Å². The summed E-state index contributed by atoms with van der Waals surface area (Å²) >= 11 is 3.22. The zero-order chi connectivity index (χ0) is 16.2. The number of anilines is 1. The quantitative estimate of drug-likeness (QED) is 0.497. The number of halogens is 1. The van der Waals surface area contributed by atoms with Crippen molar-refractivity contribution in [3.05, 3.63) is 23.8 Å². The van der Waals surface area contributed by atoms with E-state index in [1.54, 1.807) is 32.0 Å². The molecule has 0 atom stereocenters. The van der Waals surface area contributed by atoms with Gasteiger partial charge in [0.15, 0.2) is 0 Å². The standard InChI is InChI=1S/C15H20BrNO4/c1-9(2)17-10-6-7-12(11(8-10)13(18)20-5)21-14(19)15(3,4)16/h6-9,17H,1-5H3. The molecule has 0 fully saturated rings. The van der Waals surface area contributed by atoms with Crippen molar-refractivity contribution in [2.24, 2.45) is 0 Å². The first-order chi connectivity index (χ1) is 9.65. The maximum Gasteiger partial charge on any atom is 0.341 e. The minimum absolute atomic E-state index is 0.175. The highest BCUT2D eigenvalue weighted by Gasteiger charge is 2.28. The van der Waals surface area contributed by atoms with Crippen LogP contribution in [0.4, 0.5) is 5.69 Å². The summed E-state index contributed by atoms with van der Waals surface area (Å²) in [4.78, 5) is 23.8. The molecule has 0 aromatic heterocycles. The van der Waals surface area contributed by atoms with Gasteiger partial charge in [-0.2, -0.15) is 0 Å². The van der Waals surface area contributed by atoms with Gasteiger partial charge in [0.05, 0.1) is 7.11 Å². The molecule has 0 amide bonds. The van der Waals surface area contributed by atoms with Crippen LogP contribution in [0.15, 0.2) is 18.2 Å². The number of esters is 2. The monoisotopic (exact) mass is 357 g/mol. The van der Waals surface area contributed by atoms with Crippen molar-refractivity contribution >= 4 is 33.6 Å². The van der Waals surface area contributed by atoms with Gasteiger partial charge in [-0.25, -0.2) is 4.79 Å². The Morgan fingerprint density at radius 2 is 1.90 bits per heavy atom. The molecule has 1 N–H and O–H groups in total. The average molecular weight is 358 g/mol. The molecule has 1 aromatic rings. The largest absolute Gasteiger partial charge is 0.465 e. The summed E-state index contributed by atoms with van der Waals surface area (Å²) in [5, 5.41) is 3.18. The van der Waals surface area contributed by atoms with Gasteiger partial charge in [0, 0.05) is 11.7 Å². The summed E-state index contributed by atoms with van der Waals surface area (Å²) in [6, 6.07) is 5.14. The number of nitrogens with one attached hydrogen (secondary N) is 1. The minimum Gasteiger partial charge on any atom is -0.465 e. The van der Waals surface area contributed by atoms with E-state index in [0.29, 0.717) is 0 Å². The first kappa shape index (κ1) is 17.5. The molecule has 21 heavy (non-hydrogen) atoms. The van der Waals surface area contributed by atoms with Gasteiger partial charge in [0.25, 0.3) is 0 Å². The number of benzene rings is 1. The fraction of sp³-hybridized carbons (Fsp3) is 0.467. The van der Waals surface area contributed by atoms with Crippen LogP contribution in [0.3, 0.4) is 0 Å². The zero-order valence-corrected chi connectivity index (χ0v) is 14.4. The molecule has 0 saturated carbocycles. The second-order valence-corrected chi connectivity index (χ2v) is 7.35. The number of alkyl halides is 1. The Balaban J connectivity index is 3.13. The Labute approximate surface area is 133 Å². The Kier molecular flexibility index (Phi) is 5.78. The number of carbonyl (C=O) groups excluding carboxylic acids is 2. The summed E-state index contributed by atoms with van der Waals surface area (Å²) in [6.45, 7) is 7.31. The molecule has 0 radical (unpaired) electrons. The molecule has 0 spiro atoms. The van der Waals surface area contributed by atoms with Crippen LogP contribution >= 0.6 is 15.9 Å². The summed E-state index contributed by atoms with van der Waals surface area (Å²) in [6.07, 6.45) is 0. The van der Waals surface area contributed by atoms with E-state index in [4.69, 9.17) is 9.47 Å². The van der Waals surface area contributed by atoms with Crippen LogP contribution in [-0.2, 0) is 9.53 Å². The van der Waals surface area contributed by atoms with Crippen molar-refractivity contribution in [1.82, 2.24) is 0 Å². The van der Waals surface area contributed by atoms with Gasteiger partial charge in [0.2, 0.25) is 0 Å². The van der Waals surface area contributed by atoms with Gasteiger partial charge in [-0.05, 0) is 45.9 Å². The fourth-order valence-electron chi connectivity index (χ4n) is 1.53. The topological polar surface area (TPSA) is 64.6 Å².